The molecule has 2 aromatic rings. The topological polar surface area (TPSA) is 89.8 Å². The maximum atomic E-state index is 13.5. The van der Waals surface area contributed by atoms with Gasteiger partial charge in [0.05, 0.1) is 4.92 Å². The van der Waals surface area contributed by atoms with Crippen LogP contribution in [0.25, 0.3) is 6.08 Å². The van der Waals surface area contributed by atoms with Crippen molar-refractivity contribution in [3.05, 3.63) is 75.6 Å². The minimum absolute atomic E-state index is 0.0299. The van der Waals surface area contributed by atoms with Gasteiger partial charge in [0.2, 0.25) is 0 Å². The van der Waals surface area contributed by atoms with E-state index in [2.05, 4.69) is 0 Å². The van der Waals surface area contributed by atoms with Gasteiger partial charge in [-0.15, -0.1) is 0 Å². The Morgan fingerprint density at radius 1 is 1.25 bits per heavy atom. The summed E-state index contributed by atoms with van der Waals surface area (Å²) in [7, 11) is 0. The second kappa shape index (κ2) is 8.43. The van der Waals surface area contributed by atoms with Crippen molar-refractivity contribution in [3.8, 4) is 0 Å². The number of rotatable bonds is 5. The first kappa shape index (κ1) is 19.2. The van der Waals surface area contributed by atoms with Crippen molar-refractivity contribution in [1.82, 2.24) is 0 Å². The predicted octanol–water partition coefficient (Wildman–Crippen LogP) is 3.27. The second-order valence-corrected chi connectivity index (χ2v) is 6.18. The number of carbonyl (C=O) groups excluding carboxylic acids is 2. The molecule has 0 aliphatic carbocycles. The summed E-state index contributed by atoms with van der Waals surface area (Å²) >= 11 is 0. The molecule has 144 valence electrons. The number of amides is 1. The summed E-state index contributed by atoms with van der Waals surface area (Å²) in [6.45, 7) is -0.0386. The van der Waals surface area contributed by atoms with Gasteiger partial charge in [-0.05, 0) is 36.6 Å². The fourth-order valence-corrected chi connectivity index (χ4v) is 2.98. The molecule has 0 radical (unpaired) electrons. The summed E-state index contributed by atoms with van der Waals surface area (Å²) in [5.41, 5.74) is 1.49. The van der Waals surface area contributed by atoms with Crippen LogP contribution in [0.3, 0.4) is 0 Å². The lowest BCUT2D eigenvalue weighted by molar-refractivity contribution is -0.384. The Bertz CT molecular complexity index is 957. The lowest BCUT2D eigenvalue weighted by Crippen LogP contribution is -2.38. The Morgan fingerprint density at radius 2 is 2.04 bits per heavy atom. The molecular formula is C20H17FN2O5. The number of hydrogen-bond donors (Lipinski definition) is 0. The largest absolute Gasteiger partial charge is 0.452 e. The van der Waals surface area contributed by atoms with Gasteiger partial charge in [-0.25, -0.2) is 9.18 Å². The Labute approximate surface area is 160 Å². The van der Waals surface area contributed by atoms with E-state index in [9.17, 15) is 24.1 Å². The number of nitrogens with zero attached hydrogens (tertiary/aromatic N) is 2. The van der Waals surface area contributed by atoms with Gasteiger partial charge in [0.15, 0.2) is 6.61 Å². The second-order valence-electron chi connectivity index (χ2n) is 6.18. The number of hydrogen-bond acceptors (Lipinski definition) is 5. The average Bonchev–Trinajstić information content (AvgIpc) is 2.70. The van der Waals surface area contributed by atoms with Gasteiger partial charge in [-0.3, -0.25) is 14.9 Å². The Hall–Kier alpha value is -3.55. The van der Waals surface area contributed by atoms with E-state index < -0.39 is 29.2 Å². The molecule has 1 aliphatic heterocycles. The molecule has 0 saturated carbocycles. The number of anilines is 1. The van der Waals surface area contributed by atoms with E-state index >= 15 is 0 Å². The van der Waals surface area contributed by atoms with Crippen LogP contribution in [0.2, 0.25) is 0 Å². The van der Waals surface area contributed by atoms with Gasteiger partial charge < -0.3 is 9.64 Å². The molecule has 0 fully saturated rings. The summed E-state index contributed by atoms with van der Waals surface area (Å²) in [6.07, 6.45) is 3.61. The van der Waals surface area contributed by atoms with Crippen LogP contribution in [0.4, 0.5) is 15.8 Å². The van der Waals surface area contributed by atoms with Crippen molar-refractivity contribution in [3.63, 3.8) is 0 Å². The Balaban J connectivity index is 1.62. The number of nitro groups is 1. The molecule has 0 saturated heterocycles. The first-order chi connectivity index (χ1) is 13.5. The van der Waals surface area contributed by atoms with E-state index in [0.717, 1.165) is 6.08 Å². The normalized spacial score (nSPS) is 13.2. The molecule has 1 amide bonds. The van der Waals surface area contributed by atoms with Crippen molar-refractivity contribution in [2.24, 2.45) is 0 Å². The zero-order chi connectivity index (χ0) is 20.1. The third kappa shape index (κ3) is 4.40. The molecule has 0 N–H and O–H groups in total. The average molecular weight is 384 g/mol. The van der Waals surface area contributed by atoms with Crippen LogP contribution >= 0.6 is 0 Å². The minimum Gasteiger partial charge on any atom is -0.452 e. The molecule has 1 heterocycles. The monoisotopic (exact) mass is 384 g/mol. The van der Waals surface area contributed by atoms with E-state index in [0.29, 0.717) is 30.6 Å². The van der Waals surface area contributed by atoms with Crippen LogP contribution in [-0.4, -0.2) is 30.0 Å². The third-order valence-electron chi connectivity index (χ3n) is 4.34. The quantitative estimate of drug-likeness (QED) is 0.342. The molecule has 8 heteroatoms. The lowest BCUT2D eigenvalue weighted by atomic mass is 10.0. The lowest BCUT2D eigenvalue weighted by Gasteiger charge is -2.29. The van der Waals surface area contributed by atoms with Crippen LogP contribution in [0.5, 0.6) is 0 Å². The summed E-state index contributed by atoms with van der Waals surface area (Å²) in [5, 5.41) is 10.9. The number of carbonyl (C=O) groups is 2. The number of benzene rings is 2. The smallest absolute Gasteiger partial charge is 0.331 e. The van der Waals surface area contributed by atoms with Crippen LogP contribution in [0, 0.1) is 15.9 Å². The standard InChI is InChI=1S/C20H17FN2O5/c21-17-6-2-1-4-14(17)7-10-20(25)28-13-19(24)22-11-3-5-15-12-16(23(26)27)8-9-18(15)22/h1-2,4,6-10,12H,3,5,11,13H2/b10-7+. The van der Waals surface area contributed by atoms with E-state index in [-0.39, 0.29) is 11.3 Å². The van der Waals surface area contributed by atoms with E-state index in [1.165, 1.54) is 47.4 Å². The minimum atomic E-state index is -0.766. The summed E-state index contributed by atoms with van der Waals surface area (Å²) in [4.78, 5) is 36.1. The van der Waals surface area contributed by atoms with E-state index in [4.69, 9.17) is 4.74 Å². The molecule has 28 heavy (non-hydrogen) atoms. The van der Waals surface area contributed by atoms with Crippen LogP contribution in [0.15, 0.2) is 48.5 Å². The maximum Gasteiger partial charge on any atom is 0.331 e. The van der Waals surface area contributed by atoms with Crippen molar-refractivity contribution in [2.75, 3.05) is 18.1 Å². The molecule has 0 bridgehead atoms. The number of halogens is 1. The number of fused-ring (bicyclic) bond motifs is 1. The molecule has 0 spiro atoms. The summed E-state index contributed by atoms with van der Waals surface area (Å²) in [5.74, 6) is -1.67. The number of aryl methyl sites for hydroxylation is 1. The highest BCUT2D eigenvalue weighted by Gasteiger charge is 2.24. The Morgan fingerprint density at radius 3 is 2.79 bits per heavy atom. The van der Waals surface area contributed by atoms with Crippen molar-refractivity contribution < 1.29 is 23.6 Å². The molecule has 3 rings (SSSR count). The molecule has 0 unspecified atom stereocenters. The van der Waals surface area contributed by atoms with Gasteiger partial charge in [-0.2, -0.15) is 0 Å². The highest BCUT2D eigenvalue weighted by atomic mass is 19.1. The molecular weight excluding hydrogens is 367 g/mol. The van der Waals surface area contributed by atoms with Gasteiger partial charge >= 0.3 is 5.97 Å². The summed E-state index contributed by atoms with van der Waals surface area (Å²) in [6, 6.07) is 10.3. The van der Waals surface area contributed by atoms with Gasteiger partial charge in [0, 0.05) is 36.0 Å². The van der Waals surface area contributed by atoms with E-state index in [1.807, 2.05) is 0 Å². The van der Waals surface area contributed by atoms with Gasteiger partial charge in [-0.1, -0.05) is 18.2 Å². The first-order valence-electron chi connectivity index (χ1n) is 8.63. The number of esters is 1. The van der Waals surface area contributed by atoms with Gasteiger partial charge in [0.1, 0.15) is 5.82 Å². The predicted molar refractivity (Wildman–Crippen MR) is 100 cm³/mol. The van der Waals surface area contributed by atoms with Crippen LogP contribution in [-0.2, 0) is 20.7 Å². The maximum absolute atomic E-state index is 13.5. The zero-order valence-electron chi connectivity index (χ0n) is 14.8. The zero-order valence-corrected chi connectivity index (χ0v) is 14.8. The number of non-ortho nitro benzene ring substituents is 1. The fourth-order valence-electron chi connectivity index (χ4n) is 2.98. The highest BCUT2D eigenvalue weighted by Crippen LogP contribution is 2.30. The molecule has 0 aromatic heterocycles. The molecule has 2 aromatic carbocycles. The number of ether oxygens (including phenoxy) is 1. The van der Waals surface area contributed by atoms with Crippen molar-refractivity contribution in [2.45, 2.75) is 12.8 Å². The van der Waals surface area contributed by atoms with Crippen LogP contribution < -0.4 is 4.90 Å². The van der Waals surface area contributed by atoms with Crippen molar-refractivity contribution >= 4 is 29.3 Å². The first-order valence-corrected chi connectivity index (χ1v) is 8.63. The van der Waals surface area contributed by atoms with E-state index in [1.54, 1.807) is 6.07 Å². The Kier molecular flexibility index (Phi) is 5.78. The molecule has 1 aliphatic rings. The van der Waals surface area contributed by atoms with Crippen LogP contribution in [0.1, 0.15) is 17.5 Å². The molecule has 7 nitrogen and oxygen atoms in total. The molecule has 0 atom stereocenters. The fraction of sp³-hybridized carbons (Fsp3) is 0.200. The van der Waals surface area contributed by atoms with Gasteiger partial charge in [0.25, 0.3) is 11.6 Å². The number of nitro benzene ring substituents is 1. The summed E-state index contributed by atoms with van der Waals surface area (Å²) < 4.78 is 18.5. The van der Waals surface area contributed by atoms with Crippen molar-refractivity contribution in [1.29, 1.82) is 0 Å². The SMILES string of the molecule is O=C(/C=C/c1ccccc1F)OCC(=O)N1CCCc2cc([N+](=O)[O-])ccc21. The highest BCUT2D eigenvalue weighted by molar-refractivity contribution is 5.97. The third-order valence-corrected chi connectivity index (χ3v) is 4.34.